The second-order valence-corrected chi connectivity index (χ2v) is 9.18. The van der Waals surface area contributed by atoms with Crippen LogP contribution in [0.3, 0.4) is 0 Å². The number of hydrazone groups is 1. The summed E-state index contributed by atoms with van der Waals surface area (Å²) in [6.45, 7) is 6.69. The molecule has 11 heteroatoms. The predicted molar refractivity (Wildman–Crippen MR) is 150 cm³/mol. The molecule has 1 fully saturated rings. The van der Waals surface area contributed by atoms with E-state index >= 15 is 0 Å². The summed E-state index contributed by atoms with van der Waals surface area (Å²) in [6.07, 6.45) is 3.47. The van der Waals surface area contributed by atoms with Gasteiger partial charge in [-0.15, -0.1) is 5.10 Å². The lowest BCUT2D eigenvalue weighted by molar-refractivity contribution is -0.124. The fourth-order valence-corrected chi connectivity index (χ4v) is 4.44. The third-order valence-electron chi connectivity index (χ3n) is 5.56. The molecule has 0 bridgehead atoms. The number of para-hydroxylation sites is 1. The Balaban J connectivity index is 0.00000112. The maximum atomic E-state index is 12.4. The van der Waals surface area contributed by atoms with Crippen molar-refractivity contribution in [2.45, 2.75) is 13.8 Å². The van der Waals surface area contributed by atoms with E-state index in [4.69, 9.17) is 4.99 Å². The summed E-state index contributed by atoms with van der Waals surface area (Å²) >= 11 is 1.38. The van der Waals surface area contributed by atoms with E-state index in [0.717, 1.165) is 33.6 Å². The molecule has 1 amide bonds. The van der Waals surface area contributed by atoms with Crippen LogP contribution in [0.25, 0.3) is 17.1 Å². The maximum Gasteiger partial charge on any atom is 0.259 e. The first-order valence-corrected chi connectivity index (χ1v) is 12.7. The molecule has 5 rings (SSSR count). The van der Waals surface area contributed by atoms with Crippen molar-refractivity contribution in [3.63, 3.8) is 0 Å². The molecule has 2 heterocycles. The number of aryl methyl sites for hydroxylation is 2. The van der Waals surface area contributed by atoms with Gasteiger partial charge in [0.15, 0.2) is 16.7 Å². The average molecular weight is 547 g/mol. The van der Waals surface area contributed by atoms with Gasteiger partial charge in [-0.1, -0.05) is 60.8 Å². The Kier molecular flexibility index (Phi) is 8.95. The van der Waals surface area contributed by atoms with Crippen molar-refractivity contribution in [3.05, 3.63) is 103 Å². The Bertz CT molecular complexity index is 1500. The molecule has 8 nitrogen and oxygen atoms in total. The molecule has 0 saturated carbocycles. The number of halogens is 2. The quantitative estimate of drug-likeness (QED) is 0.257. The van der Waals surface area contributed by atoms with E-state index in [1.54, 1.807) is 29.4 Å². The lowest BCUT2D eigenvalue weighted by atomic mass is 10.1. The summed E-state index contributed by atoms with van der Waals surface area (Å²) < 4.78 is 23.9. The van der Waals surface area contributed by atoms with Crippen LogP contribution < -0.4 is 4.94 Å². The molecule has 3 aromatic carbocycles. The number of aliphatic imine (C=N–C) groups is 1. The summed E-state index contributed by atoms with van der Waals surface area (Å²) in [6, 6.07) is 19.9. The first-order valence-electron chi connectivity index (χ1n) is 11.7. The second kappa shape index (κ2) is 12.7. The monoisotopic (exact) mass is 546 g/mol. The van der Waals surface area contributed by atoms with E-state index in [2.05, 4.69) is 26.7 Å². The van der Waals surface area contributed by atoms with Crippen LogP contribution in [0.15, 0.2) is 96.1 Å². The number of amidine groups is 1. The molecule has 4 aromatic rings. The molecule has 0 aliphatic carbocycles. The van der Waals surface area contributed by atoms with Crippen LogP contribution in [-0.4, -0.2) is 42.8 Å². The standard InChI is InChI=1S/C26H21FN6O2S.C2H3F/c1-17-4-3-5-18(2)24(17)30-26-33(23(34)15-36-26)29-14-19-6-8-20(9-7-19)25-28-16-32(31-25)21-10-12-22(35-27)13-11-21;1-2-3/h3-14,16H,15H2,1-2H3;2H,1H2/b29-14+,30-26?;. The number of rotatable bonds is 6. The highest BCUT2D eigenvalue weighted by atomic mass is 32.2. The Labute approximate surface area is 228 Å². The molecule has 1 aliphatic heterocycles. The topological polar surface area (TPSA) is 85.0 Å². The minimum Gasteiger partial charge on any atom is -0.294 e. The third-order valence-corrected chi connectivity index (χ3v) is 6.48. The summed E-state index contributed by atoms with van der Waals surface area (Å²) in [7, 11) is 0. The minimum absolute atomic E-state index is 0.112. The number of carbonyl (C=O) groups excluding carboxylic acids is 1. The molecule has 1 aromatic heterocycles. The lowest BCUT2D eigenvalue weighted by Gasteiger charge is -2.11. The maximum absolute atomic E-state index is 12.4. The first kappa shape index (κ1) is 27.4. The van der Waals surface area contributed by atoms with Gasteiger partial charge in [0, 0.05) is 10.1 Å². The number of carbonyl (C=O) groups is 1. The third kappa shape index (κ3) is 6.63. The van der Waals surface area contributed by atoms with E-state index in [0.29, 0.717) is 16.7 Å². The van der Waals surface area contributed by atoms with E-state index in [1.165, 1.54) is 28.9 Å². The normalized spacial score (nSPS) is 14.0. The van der Waals surface area contributed by atoms with Crippen LogP contribution in [-0.2, 0) is 4.79 Å². The van der Waals surface area contributed by atoms with Gasteiger partial charge in [-0.25, -0.2) is 19.0 Å². The minimum atomic E-state index is -0.112. The molecule has 0 N–H and O–H groups in total. The van der Waals surface area contributed by atoms with E-state index in [1.807, 2.05) is 56.3 Å². The van der Waals surface area contributed by atoms with Crippen molar-refractivity contribution in [3.8, 4) is 22.8 Å². The van der Waals surface area contributed by atoms with Gasteiger partial charge in [-0.05, 0) is 54.8 Å². The zero-order valence-corrected chi connectivity index (χ0v) is 22.0. The number of aromatic nitrogens is 3. The number of amides is 1. The Hall–Kier alpha value is -4.64. The van der Waals surface area contributed by atoms with Crippen molar-refractivity contribution >= 4 is 34.7 Å². The molecule has 1 aliphatic rings. The lowest BCUT2D eigenvalue weighted by Crippen LogP contribution is -2.23. The van der Waals surface area contributed by atoms with Crippen molar-refractivity contribution in [1.82, 2.24) is 19.8 Å². The zero-order chi connectivity index (χ0) is 27.8. The van der Waals surface area contributed by atoms with Crippen molar-refractivity contribution in [2.24, 2.45) is 10.1 Å². The highest BCUT2D eigenvalue weighted by Crippen LogP contribution is 2.28. The first-order chi connectivity index (χ1) is 18.9. The van der Waals surface area contributed by atoms with Gasteiger partial charge in [0.25, 0.3) is 5.91 Å². The number of hydrogen-bond acceptors (Lipinski definition) is 7. The van der Waals surface area contributed by atoms with Crippen molar-refractivity contribution < 1.29 is 18.7 Å². The van der Waals surface area contributed by atoms with Gasteiger partial charge >= 0.3 is 0 Å². The molecule has 1 saturated heterocycles. The predicted octanol–water partition coefficient (Wildman–Crippen LogP) is 6.51. The van der Waals surface area contributed by atoms with Crippen molar-refractivity contribution in [1.29, 1.82) is 0 Å². The molecule has 0 atom stereocenters. The van der Waals surface area contributed by atoms with E-state index in [9.17, 15) is 13.7 Å². The Morgan fingerprint density at radius 2 is 1.72 bits per heavy atom. The van der Waals surface area contributed by atoms with E-state index in [-0.39, 0.29) is 18.0 Å². The molecular formula is C28H24F2N6O2S. The number of nitrogens with zero attached hydrogens (tertiary/aromatic N) is 6. The van der Waals surface area contributed by atoms with Crippen LogP contribution >= 0.6 is 11.8 Å². The number of benzene rings is 3. The average Bonchev–Trinajstić information content (AvgIpc) is 3.57. The van der Waals surface area contributed by atoms with E-state index < -0.39 is 0 Å². The Morgan fingerprint density at radius 1 is 1.05 bits per heavy atom. The van der Waals surface area contributed by atoms with Crippen LogP contribution in [0.1, 0.15) is 16.7 Å². The molecule has 39 heavy (non-hydrogen) atoms. The molecule has 0 spiro atoms. The van der Waals surface area contributed by atoms with Gasteiger partial charge in [-0.3, -0.25) is 9.74 Å². The van der Waals surface area contributed by atoms with Gasteiger partial charge in [0.05, 0.1) is 29.7 Å². The highest BCUT2D eigenvalue weighted by molar-refractivity contribution is 8.15. The fourth-order valence-electron chi connectivity index (χ4n) is 3.64. The summed E-state index contributed by atoms with van der Waals surface area (Å²) in [5.74, 6) is 0.851. The second-order valence-electron chi connectivity index (χ2n) is 8.23. The molecule has 0 radical (unpaired) electrons. The largest absolute Gasteiger partial charge is 0.294 e. The van der Waals surface area contributed by atoms with Gasteiger partial charge < -0.3 is 0 Å². The molecule has 0 unspecified atom stereocenters. The number of thioether (sulfide) groups is 1. The van der Waals surface area contributed by atoms with Crippen LogP contribution in [0, 0.1) is 13.8 Å². The van der Waals surface area contributed by atoms with Crippen molar-refractivity contribution in [2.75, 3.05) is 5.75 Å². The van der Waals surface area contributed by atoms with Gasteiger partial charge in [0.1, 0.15) is 6.33 Å². The Morgan fingerprint density at radius 3 is 2.36 bits per heavy atom. The van der Waals surface area contributed by atoms with Crippen LogP contribution in [0.5, 0.6) is 5.75 Å². The number of hydrogen-bond donors (Lipinski definition) is 0. The highest BCUT2D eigenvalue weighted by Gasteiger charge is 2.28. The van der Waals surface area contributed by atoms with Gasteiger partial charge in [0.2, 0.25) is 0 Å². The SMILES string of the molecule is C=CF.Cc1cccc(C)c1N=C1SCC(=O)N1/N=C/c1ccc(-c2ncn(-c3ccc(OF)cc3)n2)cc1. The van der Waals surface area contributed by atoms with Gasteiger partial charge in [-0.2, -0.15) is 10.1 Å². The smallest absolute Gasteiger partial charge is 0.259 e. The summed E-state index contributed by atoms with van der Waals surface area (Å²) in [4.78, 5) is 25.2. The molecule has 198 valence electrons. The summed E-state index contributed by atoms with van der Waals surface area (Å²) in [5.41, 5.74) is 5.31. The summed E-state index contributed by atoms with van der Waals surface area (Å²) in [5, 5.41) is 10.8. The zero-order valence-electron chi connectivity index (χ0n) is 21.2. The van der Waals surface area contributed by atoms with Crippen LogP contribution in [0.2, 0.25) is 0 Å². The molecular weight excluding hydrogens is 522 g/mol. The fraction of sp³-hybridized carbons (Fsp3) is 0.107. The van der Waals surface area contributed by atoms with Crippen LogP contribution in [0.4, 0.5) is 14.6 Å².